The molecule has 3 rings (SSSR count). The van der Waals surface area contributed by atoms with Crippen LogP contribution in [0.3, 0.4) is 0 Å². The van der Waals surface area contributed by atoms with Crippen molar-refractivity contribution in [3.63, 3.8) is 0 Å². The maximum atomic E-state index is 13.1. The second kappa shape index (κ2) is 6.87. The summed E-state index contributed by atoms with van der Waals surface area (Å²) in [4.78, 5) is 25.3. The molecule has 1 amide bonds. The van der Waals surface area contributed by atoms with Crippen LogP contribution in [0.5, 0.6) is 5.75 Å². The molecule has 2 aromatic carbocycles. The van der Waals surface area contributed by atoms with Gasteiger partial charge in [0, 0.05) is 5.02 Å². The Morgan fingerprint density at radius 3 is 2.69 bits per heavy atom. The Labute approximate surface area is 151 Å². The number of para-hydroxylation sites is 2. The van der Waals surface area contributed by atoms with Crippen LogP contribution in [-0.4, -0.2) is 25.0 Å². The smallest absolute Gasteiger partial charge is 0.418 e. The summed E-state index contributed by atoms with van der Waals surface area (Å²) in [6, 6.07) is 9.66. The number of benzene rings is 2. The minimum absolute atomic E-state index is 0.0944. The number of anilines is 2. The average Bonchev–Trinajstić information content (AvgIpc) is 2.55. The molecule has 0 aromatic heterocycles. The molecule has 0 radical (unpaired) electrons. The number of esters is 1. The van der Waals surface area contributed by atoms with Gasteiger partial charge in [0.15, 0.2) is 5.75 Å². The summed E-state index contributed by atoms with van der Waals surface area (Å²) in [7, 11) is 0. The van der Waals surface area contributed by atoms with E-state index in [9.17, 15) is 22.8 Å². The zero-order valence-electron chi connectivity index (χ0n) is 13.1. The van der Waals surface area contributed by atoms with Gasteiger partial charge < -0.3 is 15.0 Å². The van der Waals surface area contributed by atoms with Gasteiger partial charge in [-0.15, -0.1) is 0 Å². The standard InChI is InChI=1S/C17H12ClF3N2O3/c18-10-5-6-12(11(7-10)17(19,20)21)22-15(24)8-23-9-16(25)26-14-4-2-1-3-13(14)23/h1-7H,8-9H2,(H,22,24). The maximum absolute atomic E-state index is 13.1. The van der Waals surface area contributed by atoms with Gasteiger partial charge in [0.2, 0.25) is 5.91 Å². The summed E-state index contributed by atoms with van der Waals surface area (Å²) >= 11 is 5.61. The van der Waals surface area contributed by atoms with Gasteiger partial charge in [-0.1, -0.05) is 23.7 Å². The fourth-order valence-corrected chi connectivity index (χ4v) is 2.74. The van der Waals surface area contributed by atoms with Gasteiger partial charge in [0.1, 0.15) is 6.54 Å². The monoisotopic (exact) mass is 384 g/mol. The van der Waals surface area contributed by atoms with E-state index >= 15 is 0 Å². The minimum Gasteiger partial charge on any atom is -0.423 e. The fourth-order valence-electron chi connectivity index (χ4n) is 2.56. The zero-order chi connectivity index (χ0) is 18.9. The number of carbonyl (C=O) groups excluding carboxylic acids is 2. The number of ether oxygens (including phenoxy) is 1. The number of halogens is 4. The first-order chi connectivity index (χ1) is 12.2. The highest BCUT2D eigenvalue weighted by atomic mass is 35.5. The number of hydrogen-bond donors (Lipinski definition) is 1. The van der Waals surface area contributed by atoms with Gasteiger partial charge in [-0.2, -0.15) is 13.2 Å². The lowest BCUT2D eigenvalue weighted by Gasteiger charge is -2.29. The van der Waals surface area contributed by atoms with Gasteiger partial charge in [0.25, 0.3) is 0 Å². The number of amides is 1. The lowest BCUT2D eigenvalue weighted by atomic mass is 10.1. The highest BCUT2D eigenvalue weighted by Crippen LogP contribution is 2.36. The largest absolute Gasteiger partial charge is 0.423 e. The Balaban J connectivity index is 1.80. The Bertz CT molecular complexity index is 871. The maximum Gasteiger partial charge on any atom is 0.418 e. The highest BCUT2D eigenvalue weighted by molar-refractivity contribution is 6.30. The molecule has 0 aliphatic carbocycles. The molecule has 9 heteroatoms. The van der Waals surface area contributed by atoms with E-state index in [2.05, 4.69) is 5.32 Å². The van der Waals surface area contributed by atoms with Gasteiger partial charge in [-0.3, -0.25) is 4.79 Å². The molecule has 1 aliphatic heterocycles. The first-order valence-corrected chi connectivity index (χ1v) is 7.83. The molecule has 1 N–H and O–H groups in total. The average molecular weight is 385 g/mol. The molecule has 0 bridgehead atoms. The van der Waals surface area contributed by atoms with Crippen LogP contribution in [0.2, 0.25) is 5.02 Å². The molecule has 0 unspecified atom stereocenters. The number of alkyl halides is 3. The van der Waals surface area contributed by atoms with Crippen LogP contribution in [0.25, 0.3) is 0 Å². The zero-order valence-corrected chi connectivity index (χ0v) is 13.9. The third-order valence-corrected chi connectivity index (χ3v) is 3.88. The molecular formula is C17H12ClF3N2O3. The van der Waals surface area contributed by atoms with Crippen LogP contribution in [0.1, 0.15) is 5.56 Å². The van der Waals surface area contributed by atoms with Gasteiger partial charge in [-0.05, 0) is 30.3 Å². The lowest BCUT2D eigenvalue weighted by molar-refractivity contribution is -0.137. The second-order valence-electron chi connectivity index (χ2n) is 5.53. The van der Waals surface area contributed by atoms with Crippen molar-refractivity contribution in [2.75, 3.05) is 23.3 Å². The van der Waals surface area contributed by atoms with E-state index < -0.39 is 29.3 Å². The van der Waals surface area contributed by atoms with Gasteiger partial charge >= 0.3 is 12.1 Å². The summed E-state index contributed by atoms with van der Waals surface area (Å²) in [5, 5.41) is 2.13. The molecule has 136 valence electrons. The molecule has 1 aliphatic rings. The van der Waals surface area contributed by atoms with E-state index in [0.717, 1.165) is 12.1 Å². The van der Waals surface area contributed by atoms with Crippen molar-refractivity contribution in [3.8, 4) is 5.75 Å². The van der Waals surface area contributed by atoms with E-state index in [4.69, 9.17) is 16.3 Å². The molecule has 5 nitrogen and oxygen atoms in total. The van der Waals surface area contributed by atoms with Gasteiger partial charge in [-0.25, -0.2) is 4.79 Å². The van der Waals surface area contributed by atoms with Crippen molar-refractivity contribution in [2.45, 2.75) is 6.18 Å². The molecule has 0 saturated heterocycles. The molecule has 1 heterocycles. The SMILES string of the molecule is O=C(CN1CC(=O)Oc2ccccc21)Nc1ccc(Cl)cc1C(F)(F)F. The summed E-state index contributed by atoms with van der Waals surface area (Å²) in [6.45, 7) is -0.497. The van der Waals surface area contributed by atoms with Crippen LogP contribution < -0.4 is 15.0 Å². The van der Waals surface area contributed by atoms with E-state index in [1.165, 1.54) is 11.0 Å². The topological polar surface area (TPSA) is 58.6 Å². The first kappa shape index (κ1) is 18.1. The third-order valence-electron chi connectivity index (χ3n) is 3.65. The Kier molecular flexibility index (Phi) is 4.78. The van der Waals surface area contributed by atoms with E-state index in [1.807, 2.05) is 0 Å². The number of nitrogens with zero attached hydrogens (tertiary/aromatic N) is 1. The number of hydrogen-bond acceptors (Lipinski definition) is 4. The third kappa shape index (κ3) is 3.91. The predicted octanol–water partition coefficient (Wildman–Crippen LogP) is 3.72. The molecule has 0 spiro atoms. The summed E-state index contributed by atoms with van der Waals surface area (Å²) in [5.41, 5.74) is -0.939. The molecule has 0 atom stereocenters. The minimum atomic E-state index is -4.67. The van der Waals surface area contributed by atoms with Crippen molar-refractivity contribution in [2.24, 2.45) is 0 Å². The summed E-state index contributed by atoms with van der Waals surface area (Å²) in [5.74, 6) is -0.972. The number of fused-ring (bicyclic) bond motifs is 1. The normalized spacial score (nSPS) is 13.8. The number of rotatable bonds is 3. The second-order valence-corrected chi connectivity index (χ2v) is 5.97. The summed E-state index contributed by atoms with van der Waals surface area (Å²) in [6.07, 6.45) is -4.67. The molecule has 26 heavy (non-hydrogen) atoms. The molecule has 0 fully saturated rings. The molecular weight excluding hydrogens is 373 g/mol. The Morgan fingerprint density at radius 1 is 1.23 bits per heavy atom. The number of nitrogens with one attached hydrogen (secondary N) is 1. The van der Waals surface area contributed by atoms with Crippen molar-refractivity contribution in [1.29, 1.82) is 0 Å². The van der Waals surface area contributed by atoms with Crippen LogP contribution >= 0.6 is 11.6 Å². The molecule has 2 aromatic rings. The molecule has 0 saturated carbocycles. The Hall–Kier alpha value is -2.74. The van der Waals surface area contributed by atoms with E-state index in [-0.39, 0.29) is 18.1 Å². The quantitative estimate of drug-likeness (QED) is 0.647. The Morgan fingerprint density at radius 2 is 1.96 bits per heavy atom. The van der Waals surface area contributed by atoms with Crippen LogP contribution in [0.15, 0.2) is 42.5 Å². The summed E-state index contributed by atoms with van der Waals surface area (Å²) < 4.78 is 44.4. The number of carbonyl (C=O) groups is 2. The first-order valence-electron chi connectivity index (χ1n) is 7.45. The fraction of sp³-hybridized carbons (Fsp3) is 0.176. The van der Waals surface area contributed by atoms with Crippen LogP contribution in [0, 0.1) is 0 Å². The van der Waals surface area contributed by atoms with Crippen LogP contribution in [0.4, 0.5) is 24.5 Å². The predicted molar refractivity (Wildman–Crippen MR) is 89.4 cm³/mol. The van der Waals surface area contributed by atoms with Crippen LogP contribution in [-0.2, 0) is 15.8 Å². The van der Waals surface area contributed by atoms with Crippen molar-refractivity contribution in [3.05, 3.63) is 53.1 Å². The van der Waals surface area contributed by atoms with Gasteiger partial charge in [0.05, 0.1) is 23.5 Å². The van der Waals surface area contributed by atoms with E-state index in [0.29, 0.717) is 11.4 Å². The highest BCUT2D eigenvalue weighted by Gasteiger charge is 2.34. The van der Waals surface area contributed by atoms with Crippen molar-refractivity contribution >= 4 is 34.9 Å². The van der Waals surface area contributed by atoms with Crippen molar-refractivity contribution < 1.29 is 27.5 Å². The van der Waals surface area contributed by atoms with Crippen molar-refractivity contribution in [1.82, 2.24) is 0 Å². The van der Waals surface area contributed by atoms with E-state index in [1.54, 1.807) is 24.3 Å². The lowest BCUT2D eigenvalue weighted by Crippen LogP contribution is -2.41.